The van der Waals surface area contributed by atoms with Gasteiger partial charge in [-0.1, -0.05) is 12.2 Å². The highest BCUT2D eigenvalue weighted by atomic mass is 16.1. The molecule has 0 unspecified atom stereocenters. The number of benzene rings is 2. The molecule has 1 aliphatic carbocycles. The summed E-state index contributed by atoms with van der Waals surface area (Å²) in [4.78, 5) is 12.5. The Kier molecular flexibility index (Phi) is 4.15. The van der Waals surface area contributed by atoms with Crippen LogP contribution in [0.25, 0.3) is 0 Å². The largest absolute Gasteiger partial charge is 0.399 e. The summed E-state index contributed by atoms with van der Waals surface area (Å²) in [5, 5.41) is 3.33. The van der Waals surface area contributed by atoms with Gasteiger partial charge in [-0.25, -0.2) is 0 Å². The van der Waals surface area contributed by atoms with Crippen LogP contribution >= 0.6 is 0 Å². The summed E-state index contributed by atoms with van der Waals surface area (Å²) in [5.41, 5.74) is 15.6. The Morgan fingerprint density at radius 1 is 1.00 bits per heavy atom. The molecule has 0 bridgehead atoms. The second-order valence-electron chi connectivity index (χ2n) is 5.52. The molecule has 0 spiro atoms. The van der Waals surface area contributed by atoms with E-state index in [1.54, 1.807) is 30.3 Å². The Morgan fingerprint density at radius 3 is 2.48 bits per heavy atom. The lowest BCUT2D eigenvalue weighted by Gasteiger charge is -2.11. The number of anilines is 3. The molecular formula is C19H19N3O. The van der Waals surface area contributed by atoms with Crippen molar-refractivity contribution >= 4 is 22.8 Å². The lowest BCUT2D eigenvalue weighted by Crippen LogP contribution is -2.06. The zero-order chi connectivity index (χ0) is 16.2. The number of ketones is 1. The Morgan fingerprint density at radius 2 is 1.78 bits per heavy atom. The number of carbonyl (C=O) groups excluding carboxylic acids is 1. The van der Waals surface area contributed by atoms with Crippen molar-refractivity contribution in [2.75, 3.05) is 16.8 Å². The molecule has 0 fully saturated rings. The van der Waals surface area contributed by atoms with Gasteiger partial charge in [-0.15, -0.1) is 0 Å². The Bertz CT molecular complexity index is 789. The molecule has 0 aliphatic heterocycles. The van der Waals surface area contributed by atoms with Crippen molar-refractivity contribution in [1.29, 1.82) is 0 Å². The third-order valence-corrected chi connectivity index (χ3v) is 3.75. The monoisotopic (exact) mass is 305 g/mol. The molecule has 3 rings (SSSR count). The topological polar surface area (TPSA) is 81.1 Å². The van der Waals surface area contributed by atoms with Gasteiger partial charge in [0.2, 0.25) is 0 Å². The molecular weight excluding hydrogens is 286 g/mol. The number of carbonyl (C=O) groups is 1. The van der Waals surface area contributed by atoms with E-state index < -0.39 is 0 Å². The molecule has 2 aromatic carbocycles. The van der Waals surface area contributed by atoms with Crippen LogP contribution in [0.3, 0.4) is 0 Å². The maximum atomic E-state index is 12.5. The molecule has 0 saturated heterocycles. The fourth-order valence-electron chi connectivity index (χ4n) is 2.50. The minimum absolute atomic E-state index is 0.127. The number of nitrogen functional groups attached to an aromatic ring is 2. The maximum Gasteiger partial charge on any atom is 0.195 e. The summed E-state index contributed by atoms with van der Waals surface area (Å²) in [5.74, 6) is -0.127. The molecule has 0 atom stereocenters. The van der Waals surface area contributed by atoms with Crippen molar-refractivity contribution in [2.45, 2.75) is 12.8 Å². The smallest absolute Gasteiger partial charge is 0.195 e. The highest BCUT2D eigenvalue weighted by molar-refractivity contribution is 6.12. The predicted octanol–water partition coefficient (Wildman–Crippen LogP) is 3.73. The van der Waals surface area contributed by atoms with Crippen LogP contribution in [0.2, 0.25) is 0 Å². The SMILES string of the molecule is Nc1ccc(N)c(C(=O)c2ccc(NC3=CCCC=C3)cc2)c1. The average molecular weight is 305 g/mol. The fourth-order valence-corrected chi connectivity index (χ4v) is 2.50. The van der Waals surface area contributed by atoms with Gasteiger partial charge in [0, 0.05) is 33.9 Å². The Hall–Kier alpha value is -3.01. The Balaban J connectivity index is 1.79. The molecule has 5 N–H and O–H groups in total. The van der Waals surface area contributed by atoms with Gasteiger partial charge in [-0.3, -0.25) is 4.79 Å². The molecule has 23 heavy (non-hydrogen) atoms. The van der Waals surface area contributed by atoms with Gasteiger partial charge in [0.15, 0.2) is 5.78 Å². The van der Waals surface area contributed by atoms with E-state index in [4.69, 9.17) is 11.5 Å². The molecule has 2 aromatic rings. The van der Waals surface area contributed by atoms with Gasteiger partial charge in [0.25, 0.3) is 0 Å². The highest BCUT2D eigenvalue weighted by Gasteiger charge is 2.12. The second-order valence-corrected chi connectivity index (χ2v) is 5.52. The van der Waals surface area contributed by atoms with Crippen LogP contribution in [0.15, 0.2) is 66.4 Å². The molecule has 0 amide bonds. The first-order valence-electron chi connectivity index (χ1n) is 7.57. The molecule has 0 saturated carbocycles. The normalized spacial score (nSPS) is 13.5. The van der Waals surface area contributed by atoms with Crippen LogP contribution in [0.4, 0.5) is 17.1 Å². The summed E-state index contributed by atoms with van der Waals surface area (Å²) in [6.07, 6.45) is 8.50. The summed E-state index contributed by atoms with van der Waals surface area (Å²) >= 11 is 0. The average Bonchev–Trinajstić information content (AvgIpc) is 2.58. The van der Waals surface area contributed by atoms with E-state index in [0.717, 1.165) is 24.2 Å². The number of allylic oxidation sites excluding steroid dienone is 3. The maximum absolute atomic E-state index is 12.5. The molecule has 4 heteroatoms. The van der Waals surface area contributed by atoms with Crippen LogP contribution in [-0.2, 0) is 0 Å². The van der Waals surface area contributed by atoms with Crippen LogP contribution in [-0.4, -0.2) is 5.78 Å². The van der Waals surface area contributed by atoms with Gasteiger partial charge in [-0.05, 0) is 61.4 Å². The van der Waals surface area contributed by atoms with Crippen molar-refractivity contribution in [3.05, 3.63) is 77.5 Å². The van der Waals surface area contributed by atoms with Crippen molar-refractivity contribution in [2.24, 2.45) is 0 Å². The number of nitrogens with two attached hydrogens (primary N) is 2. The first-order chi connectivity index (χ1) is 11.1. The number of hydrogen-bond donors (Lipinski definition) is 3. The summed E-state index contributed by atoms with van der Waals surface area (Å²) in [6, 6.07) is 12.3. The third kappa shape index (κ3) is 3.43. The molecule has 0 aromatic heterocycles. The van der Waals surface area contributed by atoms with Gasteiger partial charge < -0.3 is 16.8 Å². The summed E-state index contributed by atoms with van der Waals surface area (Å²) < 4.78 is 0. The minimum atomic E-state index is -0.127. The van der Waals surface area contributed by atoms with Crippen LogP contribution in [0, 0.1) is 0 Å². The van der Waals surface area contributed by atoms with E-state index in [0.29, 0.717) is 22.5 Å². The second kappa shape index (κ2) is 6.40. The zero-order valence-corrected chi connectivity index (χ0v) is 12.8. The Labute approximate surface area is 135 Å². The molecule has 1 aliphatic rings. The number of rotatable bonds is 4. The van der Waals surface area contributed by atoms with Crippen molar-refractivity contribution in [3.8, 4) is 0 Å². The van der Waals surface area contributed by atoms with Crippen molar-refractivity contribution in [1.82, 2.24) is 0 Å². The summed E-state index contributed by atoms with van der Waals surface area (Å²) in [6.45, 7) is 0. The lowest BCUT2D eigenvalue weighted by molar-refractivity contribution is 0.103. The summed E-state index contributed by atoms with van der Waals surface area (Å²) in [7, 11) is 0. The van der Waals surface area contributed by atoms with E-state index in [2.05, 4.69) is 23.5 Å². The van der Waals surface area contributed by atoms with Gasteiger partial charge >= 0.3 is 0 Å². The van der Waals surface area contributed by atoms with Crippen LogP contribution in [0.1, 0.15) is 28.8 Å². The molecule has 0 radical (unpaired) electrons. The van der Waals surface area contributed by atoms with E-state index in [1.807, 2.05) is 12.1 Å². The standard InChI is InChI=1S/C19H19N3O/c20-14-8-11-18(21)17(12-14)19(23)13-6-9-16(10-7-13)22-15-4-2-1-3-5-15/h2,4-12,22H,1,3,20-21H2. The van der Waals surface area contributed by atoms with Crippen LogP contribution < -0.4 is 16.8 Å². The van der Waals surface area contributed by atoms with Crippen molar-refractivity contribution in [3.63, 3.8) is 0 Å². The molecule has 0 heterocycles. The first kappa shape index (κ1) is 14.9. The predicted molar refractivity (Wildman–Crippen MR) is 95.2 cm³/mol. The number of hydrogen-bond acceptors (Lipinski definition) is 4. The third-order valence-electron chi connectivity index (χ3n) is 3.75. The van der Waals surface area contributed by atoms with Crippen molar-refractivity contribution < 1.29 is 4.79 Å². The van der Waals surface area contributed by atoms with E-state index in [1.165, 1.54) is 0 Å². The van der Waals surface area contributed by atoms with Gasteiger partial charge in [-0.2, -0.15) is 0 Å². The highest BCUT2D eigenvalue weighted by Crippen LogP contribution is 2.21. The fraction of sp³-hybridized carbons (Fsp3) is 0.105. The van der Waals surface area contributed by atoms with E-state index >= 15 is 0 Å². The van der Waals surface area contributed by atoms with E-state index in [-0.39, 0.29) is 5.78 Å². The zero-order valence-electron chi connectivity index (χ0n) is 12.8. The first-order valence-corrected chi connectivity index (χ1v) is 7.57. The lowest BCUT2D eigenvalue weighted by atomic mass is 10.0. The minimum Gasteiger partial charge on any atom is -0.399 e. The number of nitrogens with one attached hydrogen (secondary N) is 1. The molecule has 116 valence electrons. The van der Waals surface area contributed by atoms with E-state index in [9.17, 15) is 4.79 Å². The molecule has 4 nitrogen and oxygen atoms in total. The van der Waals surface area contributed by atoms with Gasteiger partial charge in [0.05, 0.1) is 0 Å². The van der Waals surface area contributed by atoms with Crippen LogP contribution in [0.5, 0.6) is 0 Å². The quantitative estimate of drug-likeness (QED) is 0.594. The van der Waals surface area contributed by atoms with Gasteiger partial charge in [0.1, 0.15) is 0 Å².